The number of para-hydroxylation sites is 1. The number of ketones is 2. The van der Waals surface area contributed by atoms with E-state index in [0.717, 1.165) is 5.56 Å². The molecule has 9 heteroatoms. The molecule has 25 heavy (non-hydrogen) atoms. The van der Waals surface area contributed by atoms with Crippen LogP contribution >= 0.6 is 0 Å². The van der Waals surface area contributed by atoms with Gasteiger partial charge in [-0.3, -0.25) is 9.59 Å². The summed E-state index contributed by atoms with van der Waals surface area (Å²) in [7, 11) is -1.13. The number of hydrogen-bond donors (Lipinski definition) is 1. The van der Waals surface area contributed by atoms with Gasteiger partial charge < -0.3 is 9.68 Å². The zero-order valence-corrected chi connectivity index (χ0v) is 14.2. The van der Waals surface area contributed by atoms with Crippen molar-refractivity contribution in [1.82, 2.24) is 20.2 Å². The molecule has 2 aromatic rings. The Kier molecular flexibility index (Phi) is 4.94. The second kappa shape index (κ2) is 7.14. The minimum atomic E-state index is -1.13. The maximum atomic E-state index is 12.3. The molecule has 1 N–H and O–H groups in total. The number of carbonyl (C=O) groups excluding carboxylic acids is 2. The molecular formula is C16H19BN4O4. The van der Waals surface area contributed by atoms with E-state index in [2.05, 4.69) is 15.5 Å². The zero-order valence-electron chi connectivity index (χ0n) is 14.2. The predicted octanol–water partition coefficient (Wildman–Crippen LogP) is 0.883. The van der Waals surface area contributed by atoms with Gasteiger partial charge in [0.2, 0.25) is 0 Å². The topological polar surface area (TPSA) is 107 Å². The maximum absolute atomic E-state index is 12.3. The number of nitrogens with zero attached hydrogens (tertiary/aromatic N) is 4. The molecule has 0 aliphatic carbocycles. The summed E-state index contributed by atoms with van der Waals surface area (Å²) in [4.78, 5) is 24.0. The fourth-order valence-corrected chi connectivity index (χ4v) is 3.07. The van der Waals surface area contributed by atoms with Gasteiger partial charge >= 0.3 is 7.12 Å². The van der Waals surface area contributed by atoms with E-state index in [9.17, 15) is 14.6 Å². The van der Waals surface area contributed by atoms with E-state index in [0.29, 0.717) is 30.1 Å². The number of carbonyl (C=O) groups is 2. The number of Topliss-reactive ketones (excluding diaryl/α,β-unsaturated/α-hetero) is 2. The third-order valence-electron chi connectivity index (χ3n) is 4.35. The van der Waals surface area contributed by atoms with Crippen LogP contribution in [0, 0.1) is 0 Å². The quantitative estimate of drug-likeness (QED) is 0.613. The summed E-state index contributed by atoms with van der Waals surface area (Å²) < 4.78 is 7.12. The monoisotopic (exact) mass is 342 g/mol. The molecule has 0 bridgehead atoms. The number of rotatable bonds is 6. The van der Waals surface area contributed by atoms with Crippen LogP contribution in [-0.2, 0) is 24.2 Å². The van der Waals surface area contributed by atoms with Crippen molar-refractivity contribution in [3.8, 4) is 5.75 Å². The first-order chi connectivity index (χ1) is 12.0. The normalized spacial score (nSPS) is 16.3. The highest BCUT2D eigenvalue weighted by Gasteiger charge is 2.37. The van der Waals surface area contributed by atoms with Crippen LogP contribution in [0.2, 0.25) is 5.82 Å². The summed E-state index contributed by atoms with van der Waals surface area (Å²) >= 11 is 0. The summed E-state index contributed by atoms with van der Waals surface area (Å²) in [6, 6.07) is 5.30. The maximum Gasteiger partial charge on any atom is 0.526 e. The molecule has 2 heterocycles. The van der Waals surface area contributed by atoms with E-state index in [1.54, 1.807) is 16.8 Å². The van der Waals surface area contributed by atoms with Crippen LogP contribution in [0.3, 0.4) is 0 Å². The lowest BCUT2D eigenvalue weighted by Gasteiger charge is -2.28. The first kappa shape index (κ1) is 17.3. The third-order valence-corrected chi connectivity index (χ3v) is 4.35. The molecule has 0 amide bonds. The van der Waals surface area contributed by atoms with Crippen LogP contribution in [0.4, 0.5) is 0 Å². The second-order valence-electron chi connectivity index (χ2n) is 6.15. The average Bonchev–Trinajstić information content (AvgIpc) is 3.01. The highest BCUT2D eigenvalue weighted by Crippen LogP contribution is 2.36. The molecular weight excluding hydrogens is 323 g/mol. The number of hydrogen-bond acceptors (Lipinski definition) is 7. The van der Waals surface area contributed by atoms with Crippen LogP contribution in [0.1, 0.15) is 42.0 Å². The van der Waals surface area contributed by atoms with Crippen molar-refractivity contribution in [2.75, 3.05) is 0 Å². The standard InChI is InChI=1S/C16H19BN4O4/c1-3-21-15(18-19-20-21)9-13(23)8-12-7-11-5-4-6-14(10(2)22)16(11)25-17(12)24/h4-6,12,24H,3,7-9H2,1-2H3/t12-/m1/s1. The van der Waals surface area contributed by atoms with E-state index >= 15 is 0 Å². The fourth-order valence-electron chi connectivity index (χ4n) is 3.07. The molecule has 0 radical (unpaired) electrons. The lowest BCUT2D eigenvalue weighted by atomic mass is 9.64. The molecule has 130 valence electrons. The third kappa shape index (κ3) is 3.61. The minimum absolute atomic E-state index is 0.0664. The Bertz CT molecular complexity index is 807. The van der Waals surface area contributed by atoms with Crippen LogP contribution in [0.15, 0.2) is 18.2 Å². The van der Waals surface area contributed by atoms with Crippen LogP contribution in [0.5, 0.6) is 5.75 Å². The van der Waals surface area contributed by atoms with E-state index < -0.39 is 7.12 Å². The Morgan fingerprint density at radius 2 is 2.24 bits per heavy atom. The lowest BCUT2D eigenvalue weighted by molar-refractivity contribution is -0.118. The van der Waals surface area contributed by atoms with Crippen molar-refractivity contribution >= 4 is 18.7 Å². The van der Waals surface area contributed by atoms with Gasteiger partial charge in [0.1, 0.15) is 11.5 Å². The van der Waals surface area contributed by atoms with Crippen molar-refractivity contribution in [1.29, 1.82) is 0 Å². The van der Waals surface area contributed by atoms with Crippen LogP contribution < -0.4 is 4.65 Å². The second-order valence-corrected chi connectivity index (χ2v) is 6.15. The van der Waals surface area contributed by atoms with Crippen molar-refractivity contribution in [3.05, 3.63) is 35.2 Å². The van der Waals surface area contributed by atoms with Gasteiger partial charge in [-0.15, -0.1) is 5.10 Å². The Balaban J connectivity index is 1.71. The van der Waals surface area contributed by atoms with Gasteiger partial charge in [0.05, 0.1) is 12.0 Å². The SMILES string of the molecule is CCn1nnnc1CC(=O)C[C@H]1Cc2cccc(C(C)=O)c2OB1O. The van der Waals surface area contributed by atoms with Crippen molar-refractivity contribution in [3.63, 3.8) is 0 Å². The highest BCUT2D eigenvalue weighted by molar-refractivity contribution is 6.47. The lowest BCUT2D eigenvalue weighted by Crippen LogP contribution is -2.36. The van der Waals surface area contributed by atoms with Gasteiger partial charge in [0, 0.05) is 18.8 Å². The summed E-state index contributed by atoms with van der Waals surface area (Å²) in [5, 5.41) is 21.5. The van der Waals surface area contributed by atoms with Crippen LogP contribution in [0.25, 0.3) is 0 Å². The van der Waals surface area contributed by atoms with Gasteiger partial charge in [0.15, 0.2) is 11.6 Å². The Morgan fingerprint density at radius 1 is 1.44 bits per heavy atom. The molecule has 0 saturated carbocycles. The number of benzene rings is 1. The molecule has 1 atom stereocenters. The molecule has 0 fully saturated rings. The molecule has 1 aliphatic rings. The van der Waals surface area contributed by atoms with E-state index in [-0.39, 0.29) is 30.2 Å². The number of fused-ring (bicyclic) bond motifs is 1. The molecule has 0 spiro atoms. The number of aryl methyl sites for hydroxylation is 1. The van der Waals surface area contributed by atoms with Gasteiger partial charge in [0.25, 0.3) is 0 Å². The van der Waals surface area contributed by atoms with Crippen LogP contribution in [-0.4, -0.2) is 43.9 Å². The highest BCUT2D eigenvalue weighted by atomic mass is 16.5. The molecule has 3 rings (SSSR count). The van der Waals surface area contributed by atoms with E-state index in [1.807, 2.05) is 13.0 Å². The summed E-state index contributed by atoms with van der Waals surface area (Å²) in [5.74, 6) is 0.376. The smallest absolute Gasteiger partial charge is 0.526 e. The summed E-state index contributed by atoms with van der Waals surface area (Å²) in [5.41, 5.74) is 1.28. The van der Waals surface area contributed by atoms with Gasteiger partial charge in [-0.25, -0.2) is 4.68 Å². The van der Waals surface area contributed by atoms with Crippen molar-refractivity contribution in [2.45, 2.75) is 45.5 Å². The summed E-state index contributed by atoms with van der Waals surface area (Å²) in [6.07, 6.45) is 0.744. The van der Waals surface area contributed by atoms with Gasteiger partial charge in [-0.2, -0.15) is 0 Å². The molecule has 1 aromatic heterocycles. The average molecular weight is 342 g/mol. The van der Waals surface area contributed by atoms with E-state index in [1.165, 1.54) is 6.92 Å². The van der Waals surface area contributed by atoms with Crippen molar-refractivity contribution < 1.29 is 19.3 Å². The summed E-state index contributed by atoms with van der Waals surface area (Å²) in [6.45, 7) is 3.94. The molecule has 8 nitrogen and oxygen atoms in total. The molecule has 1 aliphatic heterocycles. The Morgan fingerprint density at radius 3 is 2.96 bits per heavy atom. The Labute approximate surface area is 145 Å². The van der Waals surface area contributed by atoms with Crippen molar-refractivity contribution in [2.24, 2.45) is 0 Å². The zero-order chi connectivity index (χ0) is 18.0. The minimum Gasteiger partial charge on any atom is -0.535 e. The molecule has 1 aromatic carbocycles. The first-order valence-corrected chi connectivity index (χ1v) is 8.23. The first-order valence-electron chi connectivity index (χ1n) is 8.23. The van der Waals surface area contributed by atoms with E-state index in [4.69, 9.17) is 4.65 Å². The molecule has 0 saturated heterocycles. The van der Waals surface area contributed by atoms with Gasteiger partial charge in [-0.1, -0.05) is 12.1 Å². The largest absolute Gasteiger partial charge is 0.535 e. The number of tetrazole rings is 1. The fraction of sp³-hybridized carbons (Fsp3) is 0.438. The number of aromatic nitrogens is 4. The Hall–Kier alpha value is -2.55. The molecule has 0 unspecified atom stereocenters. The van der Waals surface area contributed by atoms with Gasteiger partial charge in [-0.05, 0) is 42.3 Å². The predicted molar refractivity (Wildman–Crippen MR) is 89.3 cm³/mol.